The van der Waals surface area contributed by atoms with Crippen LogP contribution in [0.5, 0.6) is 5.75 Å². The molecule has 34 heavy (non-hydrogen) atoms. The van der Waals surface area contributed by atoms with Gasteiger partial charge in [0.25, 0.3) is 11.1 Å². The number of para-hydroxylation sites is 1. The molecule has 3 aromatic rings. The summed E-state index contributed by atoms with van der Waals surface area (Å²) >= 11 is 4.12. The van der Waals surface area contributed by atoms with Crippen molar-refractivity contribution in [3.8, 4) is 5.75 Å². The number of ether oxygens (including phenoxy) is 1. The Morgan fingerprint density at radius 2 is 1.82 bits per heavy atom. The van der Waals surface area contributed by atoms with E-state index in [9.17, 15) is 18.8 Å². The van der Waals surface area contributed by atoms with E-state index < -0.39 is 17.1 Å². The maximum Gasteiger partial charge on any atom is 0.294 e. The first-order valence-electron chi connectivity index (χ1n) is 10.2. The molecule has 0 aliphatic carbocycles. The van der Waals surface area contributed by atoms with Gasteiger partial charge in [0.2, 0.25) is 5.91 Å². The number of halogens is 2. The highest BCUT2D eigenvalue weighted by Crippen LogP contribution is 2.33. The zero-order chi connectivity index (χ0) is 24.1. The van der Waals surface area contributed by atoms with E-state index in [4.69, 9.17) is 4.74 Å². The number of amides is 3. The molecule has 1 N–H and O–H groups in total. The van der Waals surface area contributed by atoms with Crippen molar-refractivity contribution >= 4 is 56.5 Å². The van der Waals surface area contributed by atoms with Crippen molar-refractivity contribution < 1.29 is 23.5 Å². The largest absolute Gasteiger partial charge is 0.489 e. The van der Waals surface area contributed by atoms with Crippen molar-refractivity contribution in [3.63, 3.8) is 0 Å². The van der Waals surface area contributed by atoms with Crippen molar-refractivity contribution in [2.45, 2.75) is 6.61 Å². The van der Waals surface area contributed by atoms with Crippen LogP contribution in [0, 0.1) is 5.82 Å². The van der Waals surface area contributed by atoms with Crippen LogP contribution in [0.3, 0.4) is 0 Å². The van der Waals surface area contributed by atoms with Gasteiger partial charge < -0.3 is 10.1 Å². The third-order valence-electron chi connectivity index (χ3n) is 4.80. The molecule has 0 saturated carbocycles. The molecule has 1 fully saturated rings. The van der Waals surface area contributed by atoms with Crippen molar-refractivity contribution in [1.82, 2.24) is 4.90 Å². The summed E-state index contributed by atoms with van der Waals surface area (Å²) in [5.74, 6) is -0.767. The molecular weight excluding hydrogens is 523 g/mol. The second-order valence-corrected chi connectivity index (χ2v) is 9.13. The Kier molecular flexibility index (Phi) is 7.44. The predicted molar refractivity (Wildman–Crippen MR) is 133 cm³/mol. The number of anilines is 1. The van der Waals surface area contributed by atoms with E-state index >= 15 is 0 Å². The Morgan fingerprint density at radius 3 is 2.59 bits per heavy atom. The van der Waals surface area contributed by atoms with Gasteiger partial charge in [0.1, 0.15) is 24.7 Å². The first kappa shape index (κ1) is 23.7. The lowest BCUT2D eigenvalue weighted by atomic mass is 10.2. The number of thioether (sulfide) groups is 1. The number of hydrogen-bond acceptors (Lipinski definition) is 5. The number of rotatable bonds is 7. The number of hydrogen-bond donors (Lipinski definition) is 1. The maximum absolute atomic E-state index is 13.0. The monoisotopic (exact) mass is 540 g/mol. The normalized spacial score (nSPS) is 14.5. The number of nitrogens with one attached hydrogen (secondary N) is 1. The lowest BCUT2D eigenvalue weighted by molar-refractivity contribution is -0.127. The number of benzene rings is 3. The van der Waals surface area contributed by atoms with Crippen molar-refractivity contribution in [1.29, 1.82) is 0 Å². The molecule has 172 valence electrons. The molecule has 1 aliphatic rings. The minimum Gasteiger partial charge on any atom is -0.489 e. The van der Waals surface area contributed by atoms with E-state index in [2.05, 4.69) is 21.2 Å². The molecule has 6 nitrogen and oxygen atoms in total. The molecule has 0 bridgehead atoms. The first-order valence-corrected chi connectivity index (χ1v) is 11.8. The lowest BCUT2D eigenvalue weighted by Crippen LogP contribution is -2.36. The highest BCUT2D eigenvalue weighted by Gasteiger charge is 2.36. The summed E-state index contributed by atoms with van der Waals surface area (Å²) in [6, 6.07) is 20.1. The van der Waals surface area contributed by atoms with Gasteiger partial charge in [-0.3, -0.25) is 19.3 Å². The zero-order valence-electron chi connectivity index (χ0n) is 17.7. The molecule has 0 radical (unpaired) electrons. The van der Waals surface area contributed by atoms with Crippen LogP contribution in [-0.4, -0.2) is 28.5 Å². The predicted octanol–water partition coefficient (Wildman–Crippen LogP) is 5.84. The topological polar surface area (TPSA) is 75.7 Å². The van der Waals surface area contributed by atoms with Gasteiger partial charge in [-0.2, -0.15) is 0 Å². The van der Waals surface area contributed by atoms with Crippen LogP contribution in [0.2, 0.25) is 0 Å². The summed E-state index contributed by atoms with van der Waals surface area (Å²) in [5, 5.41) is 2.17. The van der Waals surface area contributed by atoms with E-state index in [0.717, 1.165) is 22.2 Å². The van der Waals surface area contributed by atoms with E-state index in [0.29, 0.717) is 21.5 Å². The highest BCUT2D eigenvalue weighted by molar-refractivity contribution is 9.10. The van der Waals surface area contributed by atoms with Crippen LogP contribution in [-0.2, 0) is 16.2 Å². The summed E-state index contributed by atoms with van der Waals surface area (Å²) in [5.41, 5.74) is 2.03. The molecule has 0 spiro atoms. The summed E-state index contributed by atoms with van der Waals surface area (Å²) in [6.45, 7) is -0.128. The molecule has 0 unspecified atom stereocenters. The molecule has 3 amide bonds. The molecule has 0 atom stereocenters. The molecule has 4 rings (SSSR count). The Bertz CT molecular complexity index is 1280. The quantitative estimate of drug-likeness (QED) is 0.381. The molecule has 1 saturated heterocycles. The second kappa shape index (κ2) is 10.7. The Labute approximate surface area is 207 Å². The zero-order valence-corrected chi connectivity index (χ0v) is 20.1. The standard InChI is InChI=1S/C25H18BrFN2O4S/c26-20-6-1-2-7-21(20)28-23(30)14-29-24(31)22(34-25(29)32)13-17-4-3-5-19(12-17)33-15-16-8-10-18(27)11-9-16/h1-13H,14-15H2,(H,28,30)/b22-13+. The summed E-state index contributed by atoms with van der Waals surface area (Å²) < 4.78 is 19.5. The van der Waals surface area contributed by atoms with Gasteiger partial charge >= 0.3 is 0 Å². The van der Waals surface area contributed by atoms with Crippen LogP contribution in [0.15, 0.2) is 82.2 Å². The molecular formula is C25H18BrFN2O4S. The average Bonchev–Trinajstić information content (AvgIpc) is 3.08. The van der Waals surface area contributed by atoms with Crippen LogP contribution in [0.1, 0.15) is 11.1 Å². The van der Waals surface area contributed by atoms with E-state index in [1.165, 1.54) is 12.1 Å². The fraction of sp³-hybridized carbons (Fsp3) is 0.0800. The smallest absolute Gasteiger partial charge is 0.294 e. The van der Waals surface area contributed by atoms with Crippen LogP contribution >= 0.6 is 27.7 Å². The van der Waals surface area contributed by atoms with Gasteiger partial charge in [-0.05, 0) is 81.3 Å². The highest BCUT2D eigenvalue weighted by atomic mass is 79.9. The fourth-order valence-electron chi connectivity index (χ4n) is 3.13. The molecule has 9 heteroatoms. The summed E-state index contributed by atoms with van der Waals surface area (Å²) in [6.07, 6.45) is 1.58. The van der Waals surface area contributed by atoms with Gasteiger partial charge in [0.15, 0.2) is 0 Å². The number of imide groups is 1. The number of carbonyl (C=O) groups is 3. The van der Waals surface area contributed by atoms with Crippen molar-refractivity contribution in [3.05, 3.63) is 99.1 Å². The SMILES string of the molecule is O=C(CN1C(=O)S/C(=C/c2cccc(OCc3ccc(F)cc3)c2)C1=O)Nc1ccccc1Br. The van der Waals surface area contributed by atoms with E-state index in [1.54, 1.807) is 60.7 Å². The summed E-state index contributed by atoms with van der Waals surface area (Å²) in [7, 11) is 0. The second-order valence-electron chi connectivity index (χ2n) is 7.28. The number of carbonyl (C=O) groups excluding carboxylic acids is 3. The minimum absolute atomic E-state index is 0.217. The molecule has 1 aliphatic heterocycles. The van der Waals surface area contributed by atoms with Crippen LogP contribution in [0.4, 0.5) is 14.9 Å². The van der Waals surface area contributed by atoms with Gasteiger partial charge in [-0.25, -0.2) is 4.39 Å². The van der Waals surface area contributed by atoms with E-state index in [1.807, 2.05) is 6.07 Å². The van der Waals surface area contributed by atoms with Crippen LogP contribution in [0.25, 0.3) is 6.08 Å². The van der Waals surface area contributed by atoms with Gasteiger partial charge in [0, 0.05) is 4.47 Å². The van der Waals surface area contributed by atoms with Crippen molar-refractivity contribution in [2.75, 3.05) is 11.9 Å². The van der Waals surface area contributed by atoms with E-state index in [-0.39, 0.29) is 23.9 Å². The Morgan fingerprint density at radius 1 is 1.06 bits per heavy atom. The van der Waals surface area contributed by atoms with Gasteiger partial charge in [-0.1, -0.05) is 36.4 Å². The average molecular weight is 541 g/mol. The third-order valence-corrected chi connectivity index (χ3v) is 6.40. The first-order chi connectivity index (χ1) is 16.4. The fourth-order valence-corrected chi connectivity index (χ4v) is 4.35. The lowest BCUT2D eigenvalue weighted by Gasteiger charge is -2.13. The Balaban J connectivity index is 1.40. The number of nitrogens with zero attached hydrogens (tertiary/aromatic N) is 1. The van der Waals surface area contributed by atoms with Crippen molar-refractivity contribution in [2.24, 2.45) is 0 Å². The minimum atomic E-state index is -0.532. The third kappa shape index (κ3) is 5.92. The maximum atomic E-state index is 13.0. The molecule has 3 aromatic carbocycles. The molecule has 0 aromatic heterocycles. The molecule has 1 heterocycles. The van der Waals surface area contributed by atoms with Gasteiger partial charge in [-0.15, -0.1) is 0 Å². The van der Waals surface area contributed by atoms with Crippen LogP contribution < -0.4 is 10.1 Å². The Hall–Kier alpha value is -3.43. The van der Waals surface area contributed by atoms with Gasteiger partial charge in [0.05, 0.1) is 10.6 Å². The summed E-state index contributed by atoms with van der Waals surface area (Å²) in [4.78, 5) is 38.7.